The Morgan fingerprint density at radius 3 is 2.20 bits per heavy atom. The summed E-state index contributed by atoms with van der Waals surface area (Å²) < 4.78 is 0. The molecule has 0 saturated carbocycles. The molecule has 1 atom stereocenters. The van der Waals surface area contributed by atoms with Gasteiger partial charge in [0.15, 0.2) is 0 Å². The van der Waals surface area contributed by atoms with E-state index in [1.54, 1.807) is 6.20 Å². The maximum absolute atomic E-state index is 6.44. The monoisotopic (exact) mass is 268 g/mol. The van der Waals surface area contributed by atoms with Crippen molar-refractivity contribution in [1.82, 2.24) is 4.98 Å². The number of nitrogens with zero attached hydrogens (tertiary/aromatic N) is 1. The smallest absolute Gasteiger partial charge is 0.0569 e. The zero-order valence-electron chi connectivity index (χ0n) is 12.8. The Morgan fingerprint density at radius 2 is 1.65 bits per heavy atom. The Kier molecular flexibility index (Phi) is 4.56. The van der Waals surface area contributed by atoms with Crippen LogP contribution in [0.3, 0.4) is 0 Å². The molecule has 2 rings (SSSR count). The molecule has 0 spiro atoms. The fourth-order valence-corrected chi connectivity index (χ4v) is 2.48. The molecule has 0 aliphatic rings. The lowest BCUT2D eigenvalue weighted by Crippen LogP contribution is -2.15. The van der Waals surface area contributed by atoms with Gasteiger partial charge in [-0.05, 0) is 40.2 Å². The lowest BCUT2D eigenvalue weighted by atomic mass is 9.87. The van der Waals surface area contributed by atoms with Gasteiger partial charge in [0.05, 0.1) is 6.04 Å². The minimum absolute atomic E-state index is 0.109. The van der Waals surface area contributed by atoms with Crippen LogP contribution in [0.4, 0.5) is 0 Å². The van der Waals surface area contributed by atoms with Gasteiger partial charge in [-0.3, -0.25) is 4.98 Å². The van der Waals surface area contributed by atoms with Crippen molar-refractivity contribution in [2.75, 3.05) is 0 Å². The Hall–Kier alpha value is -1.67. The number of hydrogen-bond acceptors (Lipinski definition) is 2. The van der Waals surface area contributed by atoms with Crippen molar-refractivity contribution in [2.24, 2.45) is 5.73 Å². The summed E-state index contributed by atoms with van der Waals surface area (Å²) in [6.45, 7) is 8.89. The third-order valence-corrected chi connectivity index (χ3v) is 3.78. The summed E-state index contributed by atoms with van der Waals surface area (Å²) >= 11 is 0. The summed E-state index contributed by atoms with van der Waals surface area (Å²) in [6.07, 6.45) is 3.63. The van der Waals surface area contributed by atoms with Crippen molar-refractivity contribution in [3.8, 4) is 0 Å². The molecule has 0 bridgehead atoms. The number of pyridine rings is 1. The Morgan fingerprint density at radius 1 is 0.900 bits per heavy atom. The molecule has 2 heteroatoms. The van der Waals surface area contributed by atoms with Gasteiger partial charge in [0.1, 0.15) is 0 Å². The number of nitrogens with two attached hydrogens (primary N) is 1. The topological polar surface area (TPSA) is 38.9 Å². The van der Waals surface area contributed by atoms with Crippen molar-refractivity contribution < 1.29 is 0 Å². The summed E-state index contributed by atoms with van der Waals surface area (Å²) in [6, 6.07) is 10.6. The highest BCUT2D eigenvalue weighted by Crippen LogP contribution is 2.30. The highest BCUT2D eigenvalue weighted by atomic mass is 14.7. The van der Waals surface area contributed by atoms with Gasteiger partial charge in [0, 0.05) is 12.4 Å². The van der Waals surface area contributed by atoms with Crippen LogP contribution in [-0.4, -0.2) is 4.98 Å². The molecular weight excluding hydrogens is 244 g/mol. The average molecular weight is 268 g/mol. The molecule has 20 heavy (non-hydrogen) atoms. The van der Waals surface area contributed by atoms with E-state index in [0.29, 0.717) is 11.8 Å². The molecule has 2 nitrogen and oxygen atoms in total. The molecule has 0 aliphatic carbocycles. The first-order valence-corrected chi connectivity index (χ1v) is 7.30. The molecule has 0 saturated heterocycles. The Bertz CT molecular complexity index is 559. The fourth-order valence-electron chi connectivity index (χ4n) is 2.48. The van der Waals surface area contributed by atoms with Gasteiger partial charge in [-0.2, -0.15) is 0 Å². The highest BCUT2D eigenvalue weighted by molar-refractivity contribution is 5.41. The lowest BCUT2D eigenvalue weighted by molar-refractivity contribution is 0.779. The second-order valence-corrected chi connectivity index (χ2v) is 5.96. The second kappa shape index (κ2) is 6.19. The molecule has 1 aromatic carbocycles. The van der Waals surface area contributed by atoms with E-state index in [-0.39, 0.29) is 6.04 Å². The molecule has 2 aromatic rings. The molecule has 0 radical (unpaired) electrons. The molecule has 2 N–H and O–H groups in total. The van der Waals surface area contributed by atoms with Gasteiger partial charge in [0.2, 0.25) is 0 Å². The summed E-state index contributed by atoms with van der Waals surface area (Å²) in [7, 11) is 0. The van der Waals surface area contributed by atoms with E-state index in [2.05, 4.69) is 50.9 Å². The van der Waals surface area contributed by atoms with Crippen LogP contribution in [0.15, 0.2) is 42.7 Å². The van der Waals surface area contributed by atoms with E-state index in [9.17, 15) is 0 Å². The average Bonchev–Trinajstić information content (AvgIpc) is 2.46. The number of aromatic nitrogens is 1. The van der Waals surface area contributed by atoms with Crippen molar-refractivity contribution in [2.45, 2.75) is 45.6 Å². The molecule has 0 amide bonds. The van der Waals surface area contributed by atoms with Gasteiger partial charge in [-0.1, -0.05) is 52.0 Å². The van der Waals surface area contributed by atoms with Crippen molar-refractivity contribution in [1.29, 1.82) is 0 Å². The van der Waals surface area contributed by atoms with Crippen LogP contribution < -0.4 is 5.73 Å². The SMILES string of the molecule is CC(C)c1ccc(C(N)c2cccnc2)c(C(C)C)c1. The lowest BCUT2D eigenvalue weighted by Gasteiger charge is -2.21. The molecule has 1 heterocycles. The zero-order chi connectivity index (χ0) is 14.7. The first kappa shape index (κ1) is 14.7. The van der Waals surface area contributed by atoms with E-state index in [1.807, 2.05) is 18.3 Å². The molecule has 106 valence electrons. The van der Waals surface area contributed by atoms with Crippen molar-refractivity contribution >= 4 is 0 Å². The minimum Gasteiger partial charge on any atom is -0.320 e. The van der Waals surface area contributed by atoms with E-state index in [1.165, 1.54) is 16.7 Å². The van der Waals surface area contributed by atoms with Crippen LogP contribution in [-0.2, 0) is 0 Å². The predicted molar refractivity (Wildman–Crippen MR) is 84.9 cm³/mol. The largest absolute Gasteiger partial charge is 0.320 e. The first-order chi connectivity index (χ1) is 9.50. The van der Waals surface area contributed by atoms with Crippen molar-refractivity contribution in [3.05, 3.63) is 65.0 Å². The minimum atomic E-state index is -0.109. The normalized spacial score (nSPS) is 12.9. The van der Waals surface area contributed by atoms with Gasteiger partial charge < -0.3 is 5.73 Å². The van der Waals surface area contributed by atoms with Crippen LogP contribution in [0.5, 0.6) is 0 Å². The van der Waals surface area contributed by atoms with E-state index >= 15 is 0 Å². The molecule has 0 fully saturated rings. The van der Waals surface area contributed by atoms with Gasteiger partial charge >= 0.3 is 0 Å². The fraction of sp³-hybridized carbons (Fsp3) is 0.389. The van der Waals surface area contributed by atoms with Crippen LogP contribution in [0.1, 0.15) is 67.8 Å². The number of hydrogen-bond donors (Lipinski definition) is 1. The Labute approximate surface area is 122 Å². The van der Waals surface area contributed by atoms with Gasteiger partial charge in [-0.15, -0.1) is 0 Å². The van der Waals surface area contributed by atoms with Crippen LogP contribution in [0.25, 0.3) is 0 Å². The molecular formula is C18H24N2. The molecule has 0 aliphatic heterocycles. The third-order valence-electron chi connectivity index (χ3n) is 3.78. The van der Waals surface area contributed by atoms with Gasteiger partial charge in [-0.25, -0.2) is 0 Å². The summed E-state index contributed by atoms with van der Waals surface area (Å²) in [5.41, 5.74) is 11.4. The van der Waals surface area contributed by atoms with Crippen LogP contribution >= 0.6 is 0 Å². The summed E-state index contributed by atoms with van der Waals surface area (Å²) in [5, 5.41) is 0. The summed E-state index contributed by atoms with van der Waals surface area (Å²) in [4.78, 5) is 4.17. The number of rotatable bonds is 4. The van der Waals surface area contributed by atoms with E-state index in [0.717, 1.165) is 5.56 Å². The van der Waals surface area contributed by atoms with E-state index < -0.39 is 0 Å². The summed E-state index contributed by atoms with van der Waals surface area (Å²) in [5.74, 6) is 1.00. The Balaban J connectivity index is 2.45. The van der Waals surface area contributed by atoms with Crippen LogP contribution in [0.2, 0.25) is 0 Å². The highest BCUT2D eigenvalue weighted by Gasteiger charge is 2.16. The maximum atomic E-state index is 6.44. The predicted octanol–water partition coefficient (Wildman–Crippen LogP) is 4.38. The second-order valence-electron chi connectivity index (χ2n) is 5.96. The quantitative estimate of drug-likeness (QED) is 0.894. The molecule has 1 unspecified atom stereocenters. The molecule has 1 aromatic heterocycles. The number of benzene rings is 1. The maximum Gasteiger partial charge on any atom is 0.0569 e. The third kappa shape index (κ3) is 3.07. The van der Waals surface area contributed by atoms with Crippen LogP contribution in [0, 0.1) is 0 Å². The standard InChI is InChI=1S/C18H24N2/c1-12(2)14-7-8-16(17(10-14)13(3)4)18(19)15-6-5-9-20-11-15/h5-13,18H,19H2,1-4H3. The van der Waals surface area contributed by atoms with E-state index in [4.69, 9.17) is 5.73 Å². The first-order valence-electron chi connectivity index (χ1n) is 7.30. The van der Waals surface area contributed by atoms with Gasteiger partial charge in [0.25, 0.3) is 0 Å². The zero-order valence-corrected chi connectivity index (χ0v) is 12.8. The van der Waals surface area contributed by atoms with Crippen molar-refractivity contribution in [3.63, 3.8) is 0 Å².